The standard InChI is InChI=1S/C16H17F2N3OS/c17-12-6-10(7-13(18)8-12)14-19-15(23-20-14)21-5-1-4-16(22,9-21)11-2-3-11/h6-8,11,22H,1-5,9H2. The first-order valence-electron chi connectivity index (χ1n) is 7.81. The van der Waals surface area contributed by atoms with Crippen LogP contribution in [0, 0.1) is 17.6 Å². The van der Waals surface area contributed by atoms with Crippen molar-refractivity contribution >= 4 is 16.7 Å². The fourth-order valence-electron chi connectivity index (χ4n) is 3.33. The highest BCUT2D eigenvalue weighted by molar-refractivity contribution is 7.09. The number of halogens is 2. The molecule has 1 unspecified atom stereocenters. The molecule has 2 aliphatic rings. The van der Waals surface area contributed by atoms with Gasteiger partial charge in [-0.05, 0) is 43.7 Å². The molecule has 2 aromatic rings. The number of rotatable bonds is 3. The van der Waals surface area contributed by atoms with Gasteiger partial charge in [0.05, 0.1) is 5.60 Å². The minimum absolute atomic E-state index is 0.323. The molecule has 2 heterocycles. The third kappa shape index (κ3) is 2.95. The number of piperidine rings is 1. The number of hydrogen-bond donors (Lipinski definition) is 1. The average molecular weight is 337 g/mol. The molecular formula is C16H17F2N3OS. The van der Waals surface area contributed by atoms with E-state index < -0.39 is 17.2 Å². The normalized spacial score (nSPS) is 24.9. The summed E-state index contributed by atoms with van der Waals surface area (Å²) in [7, 11) is 0. The number of aromatic nitrogens is 2. The van der Waals surface area contributed by atoms with E-state index in [4.69, 9.17) is 0 Å². The van der Waals surface area contributed by atoms with E-state index in [9.17, 15) is 13.9 Å². The lowest BCUT2D eigenvalue weighted by Crippen LogP contribution is -2.49. The molecule has 2 fully saturated rings. The minimum Gasteiger partial charge on any atom is -0.388 e. The van der Waals surface area contributed by atoms with Gasteiger partial charge < -0.3 is 10.0 Å². The third-order valence-electron chi connectivity index (χ3n) is 4.65. The Morgan fingerprint density at radius 3 is 2.65 bits per heavy atom. The van der Waals surface area contributed by atoms with E-state index in [2.05, 4.69) is 9.36 Å². The van der Waals surface area contributed by atoms with Gasteiger partial charge in [-0.2, -0.15) is 9.36 Å². The number of β-amino-alcohol motifs (C(OH)–C–C–N with tert-alkyl or cyclic N) is 1. The SMILES string of the molecule is OC1(C2CC2)CCCN(c2nc(-c3cc(F)cc(F)c3)ns2)C1. The Morgan fingerprint density at radius 2 is 1.96 bits per heavy atom. The average Bonchev–Trinajstić information content (AvgIpc) is 3.25. The van der Waals surface area contributed by atoms with Gasteiger partial charge in [0.2, 0.25) is 5.13 Å². The summed E-state index contributed by atoms with van der Waals surface area (Å²) in [5, 5.41) is 11.5. The van der Waals surface area contributed by atoms with Crippen molar-refractivity contribution < 1.29 is 13.9 Å². The van der Waals surface area contributed by atoms with Crippen LogP contribution in [0.25, 0.3) is 11.4 Å². The van der Waals surface area contributed by atoms with Gasteiger partial charge in [0.25, 0.3) is 0 Å². The highest BCUT2D eigenvalue weighted by Gasteiger charge is 2.46. The molecule has 0 radical (unpaired) electrons. The van der Waals surface area contributed by atoms with Crippen LogP contribution in [0.5, 0.6) is 0 Å². The highest BCUT2D eigenvalue weighted by atomic mass is 32.1. The molecule has 0 spiro atoms. The van der Waals surface area contributed by atoms with Gasteiger partial charge in [0.15, 0.2) is 5.82 Å². The quantitative estimate of drug-likeness (QED) is 0.934. The lowest BCUT2D eigenvalue weighted by Gasteiger charge is -2.39. The van der Waals surface area contributed by atoms with Crippen LogP contribution >= 0.6 is 11.5 Å². The highest BCUT2D eigenvalue weighted by Crippen LogP contribution is 2.44. The predicted octanol–water partition coefficient (Wildman–Crippen LogP) is 3.22. The summed E-state index contributed by atoms with van der Waals surface area (Å²) in [4.78, 5) is 6.46. The topological polar surface area (TPSA) is 49.2 Å². The fraction of sp³-hybridized carbons (Fsp3) is 0.500. The van der Waals surface area contributed by atoms with Crippen molar-refractivity contribution in [3.63, 3.8) is 0 Å². The lowest BCUT2D eigenvalue weighted by atomic mass is 9.88. The summed E-state index contributed by atoms with van der Waals surface area (Å²) in [5.74, 6) is -0.561. The van der Waals surface area contributed by atoms with Crippen LogP contribution in [0.3, 0.4) is 0 Å². The molecular weight excluding hydrogens is 320 g/mol. The Morgan fingerprint density at radius 1 is 1.22 bits per heavy atom. The predicted molar refractivity (Wildman–Crippen MR) is 84.4 cm³/mol. The Hall–Kier alpha value is -1.60. The minimum atomic E-state index is -0.641. The summed E-state index contributed by atoms with van der Waals surface area (Å²) in [6.45, 7) is 1.38. The molecule has 4 nitrogen and oxygen atoms in total. The van der Waals surface area contributed by atoms with Crippen LogP contribution < -0.4 is 4.90 Å². The van der Waals surface area contributed by atoms with Crippen molar-refractivity contribution in [2.24, 2.45) is 5.92 Å². The molecule has 1 aromatic carbocycles. The Bertz CT molecular complexity index is 714. The zero-order valence-electron chi connectivity index (χ0n) is 12.5. The van der Waals surface area contributed by atoms with Crippen LogP contribution in [0.1, 0.15) is 25.7 Å². The second-order valence-electron chi connectivity index (χ2n) is 6.46. The van der Waals surface area contributed by atoms with E-state index in [0.29, 0.717) is 29.0 Å². The lowest BCUT2D eigenvalue weighted by molar-refractivity contribution is 0.00440. The zero-order chi connectivity index (χ0) is 16.0. The van der Waals surface area contributed by atoms with E-state index >= 15 is 0 Å². The first kappa shape index (κ1) is 15.0. The van der Waals surface area contributed by atoms with E-state index in [-0.39, 0.29) is 0 Å². The van der Waals surface area contributed by atoms with Crippen LogP contribution in [0.4, 0.5) is 13.9 Å². The number of aliphatic hydroxyl groups is 1. The van der Waals surface area contributed by atoms with Gasteiger partial charge in [0.1, 0.15) is 11.6 Å². The summed E-state index contributed by atoms with van der Waals surface area (Å²) >= 11 is 1.20. The first-order valence-corrected chi connectivity index (χ1v) is 8.58. The zero-order valence-corrected chi connectivity index (χ0v) is 13.3. The molecule has 4 rings (SSSR count). The second-order valence-corrected chi connectivity index (χ2v) is 7.19. The maximum Gasteiger partial charge on any atom is 0.205 e. The van der Waals surface area contributed by atoms with Gasteiger partial charge in [-0.15, -0.1) is 0 Å². The molecule has 1 N–H and O–H groups in total. The summed E-state index contributed by atoms with van der Waals surface area (Å²) in [5.41, 5.74) is -0.297. The monoisotopic (exact) mass is 337 g/mol. The number of hydrogen-bond acceptors (Lipinski definition) is 5. The van der Waals surface area contributed by atoms with Crippen molar-refractivity contribution in [1.29, 1.82) is 0 Å². The smallest absolute Gasteiger partial charge is 0.205 e. The van der Waals surface area contributed by atoms with E-state index in [1.165, 1.54) is 23.7 Å². The van der Waals surface area contributed by atoms with Gasteiger partial charge in [-0.3, -0.25) is 0 Å². The van der Waals surface area contributed by atoms with E-state index in [0.717, 1.165) is 38.3 Å². The molecule has 122 valence electrons. The summed E-state index contributed by atoms with van der Waals surface area (Å²) in [6.07, 6.45) is 3.92. The van der Waals surface area contributed by atoms with Crippen molar-refractivity contribution in [2.45, 2.75) is 31.3 Å². The van der Waals surface area contributed by atoms with E-state index in [1.54, 1.807) is 0 Å². The van der Waals surface area contributed by atoms with Crippen LogP contribution in [-0.4, -0.2) is 33.2 Å². The molecule has 7 heteroatoms. The van der Waals surface area contributed by atoms with Crippen molar-refractivity contribution in [1.82, 2.24) is 9.36 Å². The molecule has 0 bridgehead atoms. The second kappa shape index (κ2) is 5.49. The maximum atomic E-state index is 13.3. The number of benzene rings is 1. The molecule has 1 atom stereocenters. The van der Waals surface area contributed by atoms with Gasteiger partial charge in [-0.1, -0.05) is 0 Å². The van der Waals surface area contributed by atoms with Gasteiger partial charge in [-0.25, -0.2) is 8.78 Å². The number of anilines is 1. The van der Waals surface area contributed by atoms with E-state index in [1.807, 2.05) is 4.90 Å². The van der Waals surface area contributed by atoms with Crippen molar-refractivity contribution in [3.8, 4) is 11.4 Å². The molecule has 1 saturated heterocycles. The summed E-state index contributed by atoms with van der Waals surface area (Å²) in [6, 6.07) is 3.29. The van der Waals surface area contributed by atoms with Crippen molar-refractivity contribution in [3.05, 3.63) is 29.8 Å². The van der Waals surface area contributed by atoms with Crippen LogP contribution in [0.2, 0.25) is 0 Å². The summed E-state index contributed by atoms with van der Waals surface area (Å²) < 4.78 is 30.9. The fourth-order valence-corrected chi connectivity index (χ4v) is 4.04. The molecule has 1 aliphatic carbocycles. The molecule has 23 heavy (non-hydrogen) atoms. The molecule has 0 amide bonds. The van der Waals surface area contributed by atoms with Gasteiger partial charge in [0, 0.05) is 36.3 Å². The molecule has 1 saturated carbocycles. The first-order chi connectivity index (χ1) is 11.0. The van der Waals surface area contributed by atoms with Crippen molar-refractivity contribution in [2.75, 3.05) is 18.0 Å². The van der Waals surface area contributed by atoms with Crippen LogP contribution in [-0.2, 0) is 0 Å². The third-order valence-corrected chi connectivity index (χ3v) is 5.42. The Kier molecular flexibility index (Phi) is 3.57. The molecule has 1 aliphatic heterocycles. The number of nitrogens with zero attached hydrogens (tertiary/aromatic N) is 3. The maximum absolute atomic E-state index is 13.3. The largest absolute Gasteiger partial charge is 0.388 e. The molecule has 1 aromatic heterocycles. The Labute approximate surface area is 137 Å². The van der Waals surface area contributed by atoms with Crippen LogP contribution in [0.15, 0.2) is 18.2 Å². The van der Waals surface area contributed by atoms with Gasteiger partial charge >= 0.3 is 0 Å². The Balaban J connectivity index is 1.57.